The summed E-state index contributed by atoms with van der Waals surface area (Å²) in [6.45, 7) is 1.21. The third-order valence-electron chi connectivity index (χ3n) is 4.71. The number of hydrogen-bond acceptors (Lipinski definition) is 6. The third-order valence-corrected chi connectivity index (χ3v) is 4.71. The Morgan fingerprint density at radius 3 is 2.96 bits per heavy atom. The van der Waals surface area contributed by atoms with Gasteiger partial charge in [0.15, 0.2) is 5.82 Å². The molecule has 0 spiro atoms. The van der Waals surface area contributed by atoms with Crippen LogP contribution in [0.1, 0.15) is 55.0 Å². The summed E-state index contributed by atoms with van der Waals surface area (Å²) in [4.78, 5) is 4.47. The third kappa shape index (κ3) is 3.82. The fraction of sp³-hybridized carbons (Fsp3) is 0.556. The second kappa shape index (κ2) is 7.09. The highest BCUT2D eigenvalue weighted by atomic mass is 19.1. The number of benzene rings is 1. The molecule has 1 N–H and O–H groups in total. The molecule has 0 unspecified atom stereocenters. The van der Waals surface area contributed by atoms with Crippen LogP contribution in [0.2, 0.25) is 0 Å². The highest BCUT2D eigenvalue weighted by Crippen LogP contribution is 2.39. The van der Waals surface area contributed by atoms with E-state index in [2.05, 4.69) is 15.5 Å². The zero-order chi connectivity index (χ0) is 17.2. The van der Waals surface area contributed by atoms with Crippen LogP contribution in [0.4, 0.5) is 4.39 Å². The molecule has 0 amide bonds. The zero-order valence-electron chi connectivity index (χ0n) is 14.2. The van der Waals surface area contributed by atoms with Gasteiger partial charge in [-0.05, 0) is 43.9 Å². The number of ether oxygens (including phenoxy) is 2. The highest BCUT2D eigenvalue weighted by molar-refractivity contribution is 5.33. The minimum Gasteiger partial charge on any atom is -0.496 e. The molecule has 25 heavy (non-hydrogen) atoms. The van der Waals surface area contributed by atoms with Crippen LogP contribution in [0, 0.1) is 5.82 Å². The largest absolute Gasteiger partial charge is 0.496 e. The van der Waals surface area contributed by atoms with Gasteiger partial charge in [-0.1, -0.05) is 5.16 Å². The Hall–Kier alpha value is -1.99. The fourth-order valence-electron chi connectivity index (χ4n) is 3.18. The molecule has 2 atom stereocenters. The molecule has 2 aromatic rings. The van der Waals surface area contributed by atoms with Gasteiger partial charge < -0.3 is 19.3 Å². The van der Waals surface area contributed by atoms with Gasteiger partial charge in [0.2, 0.25) is 0 Å². The average molecular weight is 347 g/mol. The van der Waals surface area contributed by atoms with Crippen molar-refractivity contribution in [3.05, 3.63) is 41.3 Å². The average Bonchev–Trinajstić information content (AvgIpc) is 3.16. The summed E-state index contributed by atoms with van der Waals surface area (Å²) < 4.78 is 30.0. The second-order valence-electron chi connectivity index (χ2n) is 6.68. The van der Waals surface area contributed by atoms with Gasteiger partial charge in [-0.25, -0.2) is 4.39 Å². The van der Waals surface area contributed by atoms with Crippen molar-refractivity contribution in [2.75, 3.05) is 13.7 Å². The Balaban J connectivity index is 1.27. The molecule has 1 saturated heterocycles. The SMILES string of the molecule is COc1ccc(F)cc1CNC[C@H]1CC[C@@H](c2nc(C3CC3)no2)O1. The Morgan fingerprint density at radius 1 is 1.28 bits per heavy atom. The molecule has 1 aliphatic carbocycles. The Morgan fingerprint density at radius 2 is 2.16 bits per heavy atom. The lowest BCUT2D eigenvalue weighted by Gasteiger charge is -2.14. The maximum Gasteiger partial charge on any atom is 0.255 e. The first kappa shape index (κ1) is 16.5. The predicted octanol–water partition coefficient (Wildman–Crippen LogP) is 3.10. The van der Waals surface area contributed by atoms with Crippen molar-refractivity contribution in [3.63, 3.8) is 0 Å². The van der Waals surface area contributed by atoms with Crippen LogP contribution in [-0.4, -0.2) is 29.9 Å². The van der Waals surface area contributed by atoms with E-state index in [1.165, 1.54) is 12.1 Å². The molecule has 2 heterocycles. The first-order valence-electron chi connectivity index (χ1n) is 8.75. The minimum atomic E-state index is -0.266. The maximum absolute atomic E-state index is 13.4. The number of nitrogens with one attached hydrogen (secondary N) is 1. The fourth-order valence-corrected chi connectivity index (χ4v) is 3.18. The molecule has 1 aromatic carbocycles. The van der Waals surface area contributed by atoms with Gasteiger partial charge in [-0.3, -0.25) is 0 Å². The van der Waals surface area contributed by atoms with Gasteiger partial charge in [0, 0.05) is 24.6 Å². The molecule has 0 bridgehead atoms. The molecule has 0 radical (unpaired) electrons. The van der Waals surface area contributed by atoms with Crippen LogP contribution in [0.25, 0.3) is 0 Å². The van der Waals surface area contributed by atoms with Crippen molar-refractivity contribution in [1.29, 1.82) is 0 Å². The molecule has 134 valence electrons. The molecule has 1 saturated carbocycles. The molecule has 2 fully saturated rings. The summed E-state index contributed by atoms with van der Waals surface area (Å²) in [7, 11) is 1.59. The van der Waals surface area contributed by atoms with E-state index in [1.807, 2.05) is 0 Å². The zero-order valence-corrected chi connectivity index (χ0v) is 14.2. The van der Waals surface area contributed by atoms with Gasteiger partial charge in [0.25, 0.3) is 5.89 Å². The number of methoxy groups -OCH3 is 1. The number of rotatable bonds is 7. The first-order chi connectivity index (χ1) is 12.2. The van der Waals surface area contributed by atoms with Crippen LogP contribution in [0.5, 0.6) is 5.75 Å². The summed E-state index contributed by atoms with van der Waals surface area (Å²) >= 11 is 0. The molecule has 6 nitrogen and oxygen atoms in total. The van der Waals surface area contributed by atoms with Crippen LogP contribution < -0.4 is 10.1 Å². The molecular weight excluding hydrogens is 325 g/mol. The molecule has 4 rings (SSSR count). The number of nitrogens with zero attached hydrogens (tertiary/aromatic N) is 2. The van der Waals surface area contributed by atoms with Crippen molar-refractivity contribution in [2.45, 2.75) is 50.4 Å². The van der Waals surface area contributed by atoms with Gasteiger partial charge in [-0.15, -0.1) is 0 Å². The van der Waals surface area contributed by atoms with Crippen molar-refractivity contribution in [3.8, 4) is 5.75 Å². The van der Waals surface area contributed by atoms with Crippen LogP contribution in [0.3, 0.4) is 0 Å². The molecular formula is C18H22FN3O3. The lowest BCUT2D eigenvalue weighted by atomic mass is 10.1. The maximum atomic E-state index is 13.4. The van der Waals surface area contributed by atoms with Crippen molar-refractivity contribution >= 4 is 0 Å². The van der Waals surface area contributed by atoms with Gasteiger partial charge in [0.05, 0.1) is 13.2 Å². The lowest BCUT2D eigenvalue weighted by molar-refractivity contribution is 0.0264. The first-order valence-corrected chi connectivity index (χ1v) is 8.75. The van der Waals surface area contributed by atoms with Gasteiger partial charge >= 0.3 is 0 Å². The molecule has 1 aromatic heterocycles. The van der Waals surface area contributed by atoms with Gasteiger partial charge in [-0.2, -0.15) is 4.98 Å². The van der Waals surface area contributed by atoms with E-state index in [1.54, 1.807) is 13.2 Å². The summed E-state index contributed by atoms with van der Waals surface area (Å²) in [6.07, 6.45) is 4.08. The van der Waals surface area contributed by atoms with E-state index in [-0.39, 0.29) is 18.0 Å². The molecule has 1 aliphatic heterocycles. The lowest BCUT2D eigenvalue weighted by Crippen LogP contribution is -2.26. The number of halogens is 1. The van der Waals surface area contributed by atoms with Gasteiger partial charge in [0.1, 0.15) is 17.7 Å². The summed E-state index contributed by atoms with van der Waals surface area (Å²) in [5.74, 6) is 2.31. The standard InChI is InChI=1S/C18H22FN3O3/c1-23-15-6-4-13(19)8-12(15)9-20-10-14-5-7-16(24-14)18-21-17(22-25-18)11-2-3-11/h4,6,8,11,14,16,20H,2-3,5,7,9-10H2,1H3/t14-,16+/m1/s1. The Bertz CT molecular complexity index is 732. The summed E-state index contributed by atoms with van der Waals surface area (Å²) in [5.41, 5.74) is 0.794. The monoisotopic (exact) mass is 347 g/mol. The molecule has 2 aliphatic rings. The van der Waals surface area contributed by atoms with Crippen LogP contribution in [0.15, 0.2) is 22.7 Å². The van der Waals surface area contributed by atoms with Crippen LogP contribution in [-0.2, 0) is 11.3 Å². The van der Waals surface area contributed by atoms with E-state index in [9.17, 15) is 4.39 Å². The minimum absolute atomic E-state index is 0.0841. The van der Waals surface area contributed by atoms with Crippen LogP contribution >= 0.6 is 0 Å². The summed E-state index contributed by atoms with van der Waals surface area (Å²) in [6, 6.07) is 4.52. The Labute approximate surface area is 145 Å². The van der Waals surface area contributed by atoms with Crippen molar-refractivity contribution in [2.24, 2.45) is 0 Å². The van der Waals surface area contributed by atoms with Crippen molar-refractivity contribution < 1.29 is 18.4 Å². The summed E-state index contributed by atoms with van der Waals surface area (Å²) in [5, 5.41) is 7.36. The van der Waals surface area contributed by atoms with E-state index in [4.69, 9.17) is 14.0 Å². The van der Waals surface area contributed by atoms with E-state index in [0.717, 1.165) is 37.1 Å². The van der Waals surface area contributed by atoms with E-state index >= 15 is 0 Å². The molecule has 7 heteroatoms. The smallest absolute Gasteiger partial charge is 0.255 e. The quantitative estimate of drug-likeness (QED) is 0.830. The predicted molar refractivity (Wildman–Crippen MR) is 87.8 cm³/mol. The second-order valence-corrected chi connectivity index (χ2v) is 6.68. The number of hydrogen-bond donors (Lipinski definition) is 1. The highest BCUT2D eigenvalue weighted by Gasteiger charge is 2.33. The number of aromatic nitrogens is 2. The topological polar surface area (TPSA) is 69.4 Å². The van der Waals surface area contributed by atoms with E-state index in [0.29, 0.717) is 30.6 Å². The normalized spacial score (nSPS) is 23.1. The Kier molecular flexibility index (Phi) is 4.67. The van der Waals surface area contributed by atoms with Crippen molar-refractivity contribution in [1.82, 2.24) is 15.5 Å². The van der Waals surface area contributed by atoms with E-state index < -0.39 is 0 Å².